The lowest BCUT2D eigenvalue weighted by molar-refractivity contribution is -0.384. The molecule has 0 fully saturated rings. The predicted octanol–water partition coefficient (Wildman–Crippen LogP) is 3.92. The average Bonchev–Trinajstić information content (AvgIpc) is 2.68. The second kappa shape index (κ2) is 10.5. The molecule has 10 heteroatoms. The number of rotatable bonds is 9. The monoisotopic (exact) mass is 424 g/mol. The van der Waals surface area contributed by atoms with Crippen molar-refractivity contribution in [2.24, 2.45) is 0 Å². The van der Waals surface area contributed by atoms with Gasteiger partial charge in [-0.05, 0) is 36.4 Å². The number of esters is 1. The van der Waals surface area contributed by atoms with Crippen LogP contribution in [-0.2, 0) is 14.3 Å². The number of carbonyl (C=O) groups is 2. The lowest BCUT2D eigenvalue weighted by atomic mass is 10.2. The molecule has 2 rings (SSSR count). The largest absolute Gasteiger partial charge is 0.496 e. The Morgan fingerprint density at radius 1 is 1.21 bits per heavy atom. The summed E-state index contributed by atoms with van der Waals surface area (Å²) in [4.78, 5) is 35.1. The van der Waals surface area contributed by atoms with E-state index in [9.17, 15) is 19.7 Å². The predicted molar refractivity (Wildman–Crippen MR) is 106 cm³/mol. The van der Waals surface area contributed by atoms with Gasteiger partial charge in [0.1, 0.15) is 11.4 Å². The van der Waals surface area contributed by atoms with Crippen LogP contribution in [0.1, 0.15) is 6.42 Å². The van der Waals surface area contributed by atoms with Gasteiger partial charge < -0.3 is 14.8 Å². The number of hydrogen-bond donors (Lipinski definition) is 1. The third-order valence-corrected chi connectivity index (χ3v) is 4.69. The third-order valence-electron chi connectivity index (χ3n) is 3.43. The second-order valence-electron chi connectivity index (χ2n) is 5.40. The van der Waals surface area contributed by atoms with Crippen molar-refractivity contribution in [1.82, 2.24) is 0 Å². The molecule has 0 aliphatic heterocycles. The molecule has 28 heavy (non-hydrogen) atoms. The number of nitro benzene ring substituents is 1. The van der Waals surface area contributed by atoms with Gasteiger partial charge in [-0.2, -0.15) is 0 Å². The Morgan fingerprint density at radius 3 is 2.57 bits per heavy atom. The molecular weight excluding hydrogens is 408 g/mol. The van der Waals surface area contributed by atoms with Crippen molar-refractivity contribution in [3.8, 4) is 5.75 Å². The van der Waals surface area contributed by atoms with Gasteiger partial charge in [0.15, 0.2) is 6.61 Å². The van der Waals surface area contributed by atoms with Crippen LogP contribution in [0, 0.1) is 10.1 Å². The lowest BCUT2D eigenvalue weighted by Gasteiger charge is -2.08. The Labute approximate surface area is 170 Å². The topological polar surface area (TPSA) is 108 Å². The Kier molecular flexibility index (Phi) is 8.09. The molecule has 1 N–H and O–H groups in total. The van der Waals surface area contributed by atoms with Gasteiger partial charge in [-0.1, -0.05) is 11.6 Å². The molecule has 2 aromatic carbocycles. The second-order valence-corrected chi connectivity index (χ2v) is 7.01. The molecule has 0 aromatic heterocycles. The number of amides is 1. The number of thioether (sulfide) groups is 1. The first-order valence-corrected chi connectivity index (χ1v) is 9.41. The van der Waals surface area contributed by atoms with E-state index < -0.39 is 23.4 Å². The molecule has 0 radical (unpaired) electrons. The molecule has 1 amide bonds. The van der Waals surface area contributed by atoms with E-state index in [0.717, 1.165) is 4.90 Å². The number of nitro groups is 1. The summed E-state index contributed by atoms with van der Waals surface area (Å²) in [6.45, 7) is -0.534. The summed E-state index contributed by atoms with van der Waals surface area (Å²) in [5.41, 5.74) is -0.330. The SMILES string of the molecule is COc1ccc(NC(=O)COC(=O)CCSc2ccc(Cl)cc2)c([N+](=O)[O-])c1. The number of nitrogens with one attached hydrogen (secondary N) is 1. The van der Waals surface area contributed by atoms with Gasteiger partial charge in [-0.25, -0.2) is 0 Å². The molecule has 0 saturated carbocycles. The number of halogens is 1. The van der Waals surface area contributed by atoms with Crippen LogP contribution in [0.5, 0.6) is 5.75 Å². The Morgan fingerprint density at radius 2 is 1.93 bits per heavy atom. The van der Waals surface area contributed by atoms with Gasteiger partial charge in [-0.3, -0.25) is 19.7 Å². The van der Waals surface area contributed by atoms with Crippen LogP contribution < -0.4 is 10.1 Å². The zero-order chi connectivity index (χ0) is 20.5. The highest BCUT2D eigenvalue weighted by Crippen LogP contribution is 2.28. The Hall–Kier alpha value is -2.78. The fourth-order valence-corrected chi connectivity index (χ4v) is 3.04. The molecule has 2 aromatic rings. The van der Waals surface area contributed by atoms with Crippen molar-refractivity contribution in [2.75, 3.05) is 24.8 Å². The van der Waals surface area contributed by atoms with Gasteiger partial charge in [0.2, 0.25) is 0 Å². The van der Waals surface area contributed by atoms with Crippen molar-refractivity contribution < 1.29 is 24.0 Å². The van der Waals surface area contributed by atoms with Crippen LogP contribution in [0.25, 0.3) is 0 Å². The number of carbonyl (C=O) groups excluding carboxylic acids is 2. The van der Waals surface area contributed by atoms with E-state index >= 15 is 0 Å². The maximum Gasteiger partial charge on any atom is 0.307 e. The van der Waals surface area contributed by atoms with E-state index in [4.69, 9.17) is 21.1 Å². The Balaban J connectivity index is 1.78. The smallest absolute Gasteiger partial charge is 0.307 e. The number of ether oxygens (including phenoxy) is 2. The molecule has 0 saturated heterocycles. The van der Waals surface area contributed by atoms with Crippen LogP contribution in [0.2, 0.25) is 5.02 Å². The minimum atomic E-state index is -0.674. The van der Waals surface area contributed by atoms with Crippen molar-refractivity contribution in [2.45, 2.75) is 11.3 Å². The maximum absolute atomic E-state index is 11.9. The first-order valence-electron chi connectivity index (χ1n) is 8.05. The molecule has 0 atom stereocenters. The molecule has 0 spiro atoms. The summed E-state index contributed by atoms with van der Waals surface area (Å²) in [6.07, 6.45) is 0.114. The molecule has 0 heterocycles. The van der Waals surface area contributed by atoms with E-state index in [-0.39, 0.29) is 23.5 Å². The van der Waals surface area contributed by atoms with Crippen molar-refractivity contribution in [3.05, 3.63) is 57.6 Å². The summed E-state index contributed by atoms with van der Waals surface area (Å²) in [7, 11) is 1.38. The van der Waals surface area contributed by atoms with Crippen LogP contribution in [-0.4, -0.2) is 36.3 Å². The van der Waals surface area contributed by atoms with Crippen LogP contribution >= 0.6 is 23.4 Å². The maximum atomic E-state index is 11.9. The fourth-order valence-electron chi connectivity index (χ4n) is 2.08. The molecule has 0 aliphatic rings. The van der Waals surface area contributed by atoms with Crippen molar-refractivity contribution in [3.63, 3.8) is 0 Å². The first-order chi connectivity index (χ1) is 13.4. The summed E-state index contributed by atoms with van der Waals surface area (Å²) in [5.74, 6) is -0.450. The molecule has 0 unspecified atom stereocenters. The highest BCUT2D eigenvalue weighted by Gasteiger charge is 2.18. The average molecular weight is 425 g/mol. The fraction of sp³-hybridized carbons (Fsp3) is 0.222. The van der Waals surface area contributed by atoms with E-state index in [1.54, 1.807) is 12.1 Å². The Bertz CT molecular complexity index is 860. The number of hydrogen-bond acceptors (Lipinski definition) is 7. The van der Waals surface area contributed by atoms with Crippen LogP contribution in [0.15, 0.2) is 47.4 Å². The number of anilines is 1. The summed E-state index contributed by atoms with van der Waals surface area (Å²) in [6, 6.07) is 11.2. The standard InChI is InChI=1S/C18H17ClN2O6S/c1-26-13-4-7-15(16(10-13)21(24)25)20-17(22)11-27-18(23)8-9-28-14-5-2-12(19)3-6-14/h2-7,10H,8-9,11H2,1H3,(H,20,22). The highest BCUT2D eigenvalue weighted by atomic mass is 35.5. The normalized spacial score (nSPS) is 10.2. The summed E-state index contributed by atoms with van der Waals surface area (Å²) < 4.78 is 9.82. The van der Waals surface area contributed by atoms with Gasteiger partial charge in [0.05, 0.1) is 24.5 Å². The first kappa shape index (κ1) is 21.5. The quantitative estimate of drug-likeness (QED) is 0.281. The van der Waals surface area contributed by atoms with Gasteiger partial charge >= 0.3 is 5.97 Å². The molecule has 0 aliphatic carbocycles. The lowest BCUT2D eigenvalue weighted by Crippen LogP contribution is -2.21. The number of methoxy groups -OCH3 is 1. The van der Waals surface area contributed by atoms with Crippen LogP contribution in [0.3, 0.4) is 0 Å². The summed E-state index contributed by atoms with van der Waals surface area (Å²) in [5, 5.41) is 14.1. The highest BCUT2D eigenvalue weighted by molar-refractivity contribution is 7.99. The zero-order valence-corrected chi connectivity index (χ0v) is 16.4. The number of nitrogens with zero attached hydrogens (tertiary/aromatic N) is 1. The van der Waals surface area contributed by atoms with Gasteiger partial charge in [0.25, 0.3) is 11.6 Å². The third kappa shape index (κ3) is 6.75. The minimum Gasteiger partial charge on any atom is -0.496 e. The van der Waals surface area contributed by atoms with Crippen molar-refractivity contribution in [1.29, 1.82) is 0 Å². The van der Waals surface area contributed by atoms with Crippen LogP contribution in [0.4, 0.5) is 11.4 Å². The van der Waals surface area contributed by atoms with Gasteiger partial charge in [-0.15, -0.1) is 11.8 Å². The molecule has 8 nitrogen and oxygen atoms in total. The van der Waals surface area contributed by atoms with E-state index in [1.807, 2.05) is 12.1 Å². The van der Waals surface area contributed by atoms with E-state index in [2.05, 4.69) is 5.32 Å². The molecular formula is C18H17ClN2O6S. The van der Waals surface area contributed by atoms with Crippen molar-refractivity contribution >= 4 is 46.6 Å². The minimum absolute atomic E-state index is 0.00913. The molecule has 148 valence electrons. The number of benzene rings is 2. The zero-order valence-electron chi connectivity index (χ0n) is 14.8. The molecule has 0 bridgehead atoms. The van der Waals surface area contributed by atoms with Gasteiger partial charge in [0, 0.05) is 15.7 Å². The summed E-state index contributed by atoms with van der Waals surface area (Å²) >= 11 is 7.26. The van der Waals surface area contributed by atoms with E-state index in [1.165, 1.54) is 37.1 Å². The van der Waals surface area contributed by atoms with E-state index in [0.29, 0.717) is 10.8 Å².